The van der Waals surface area contributed by atoms with E-state index in [1.807, 2.05) is 20.8 Å². The minimum atomic E-state index is -1.06. The molecule has 0 saturated heterocycles. The number of aromatic carboxylic acids is 1. The fraction of sp³-hybridized carbons (Fsp3) is 0.429. The third-order valence-electron chi connectivity index (χ3n) is 2.50. The van der Waals surface area contributed by atoms with E-state index in [1.165, 1.54) is 6.07 Å². The van der Waals surface area contributed by atoms with Crippen LogP contribution in [0.25, 0.3) is 0 Å². The van der Waals surface area contributed by atoms with E-state index in [0.717, 1.165) is 0 Å². The van der Waals surface area contributed by atoms with Gasteiger partial charge in [0, 0.05) is 18.5 Å². The highest BCUT2D eigenvalue weighted by atomic mass is 16.4. The summed E-state index contributed by atoms with van der Waals surface area (Å²) in [5.41, 5.74) is 6.27. The minimum absolute atomic E-state index is 0.0984. The van der Waals surface area contributed by atoms with Crippen LogP contribution >= 0.6 is 0 Å². The summed E-state index contributed by atoms with van der Waals surface area (Å²) in [6.45, 7) is 6.01. The summed E-state index contributed by atoms with van der Waals surface area (Å²) in [5, 5.41) is 14.8. The van der Waals surface area contributed by atoms with Gasteiger partial charge < -0.3 is 21.5 Å². The summed E-state index contributed by atoms with van der Waals surface area (Å²) in [6, 6.07) is 4.66. The molecular formula is C14H21N3O3. The van der Waals surface area contributed by atoms with Gasteiger partial charge in [0.25, 0.3) is 0 Å². The van der Waals surface area contributed by atoms with Crippen molar-refractivity contribution in [2.45, 2.75) is 32.7 Å². The summed E-state index contributed by atoms with van der Waals surface area (Å²) in [7, 11) is 0. The molecule has 5 N–H and O–H groups in total. The van der Waals surface area contributed by atoms with Gasteiger partial charge in [-0.3, -0.25) is 4.79 Å². The molecule has 0 unspecified atom stereocenters. The number of carbonyl (C=O) groups excluding carboxylic acids is 1. The molecule has 0 atom stereocenters. The van der Waals surface area contributed by atoms with Crippen LogP contribution < -0.4 is 16.4 Å². The van der Waals surface area contributed by atoms with Crippen molar-refractivity contribution in [1.29, 1.82) is 0 Å². The molecule has 0 saturated carbocycles. The van der Waals surface area contributed by atoms with E-state index < -0.39 is 5.97 Å². The molecule has 0 aromatic heterocycles. The van der Waals surface area contributed by atoms with Gasteiger partial charge in [0.2, 0.25) is 5.91 Å². The van der Waals surface area contributed by atoms with Crippen LogP contribution in [0.3, 0.4) is 0 Å². The number of hydrogen-bond acceptors (Lipinski definition) is 4. The Morgan fingerprint density at radius 2 is 1.95 bits per heavy atom. The lowest BCUT2D eigenvalue weighted by Crippen LogP contribution is -2.41. The van der Waals surface area contributed by atoms with Gasteiger partial charge in [0.05, 0.1) is 16.9 Å². The summed E-state index contributed by atoms with van der Waals surface area (Å²) in [6.07, 6.45) is 0.241. The predicted molar refractivity (Wildman–Crippen MR) is 78.8 cm³/mol. The van der Waals surface area contributed by atoms with Gasteiger partial charge in [-0.1, -0.05) is 6.07 Å². The van der Waals surface area contributed by atoms with Gasteiger partial charge in [-0.05, 0) is 32.9 Å². The number of carboxylic acid groups (broad SMARTS) is 1. The maximum atomic E-state index is 11.7. The second-order valence-corrected chi connectivity index (χ2v) is 5.55. The number of hydrogen-bond donors (Lipinski definition) is 4. The zero-order chi connectivity index (χ0) is 15.3. The van der Waals surface area contributed by atoms with Gasteiger partial charge >= 0.3 is 5.97 Å². The molecule has 0 aliphatic rings. The Bertz CT molecular complexity index is 507. The number of para-hydroxylation sites is 1. The molecule has 1 amide bonds. The molecule has 0 bridgehead atoms. The topological polar surface area (TPSA) is 104 Å². The Kier molecular flexibility index (Phi) is 4.96. The highest BCUT2D eigenvalue weighted by Gasteiger charge is 2.15. The van der Waals surface area contributed by atoms with Gasteiger partial charge in [-0.15, -0.1) is 0 Å². The van der Waals surface area contributed by atoms with Crippen LogP contribution in [-0.4, -0.2) is 29.1 Å². The fourth-order valence-electron chi connectivity index (χ4n) is 1.73. The predicted octanol–water partition coefficient (Wildman–Crippen LogP) is 1.68. The summed E-state index contributed by atoms with van der Waals surface area (Å²) < 4.78 is 0. The molecule has 1 aromatic carbocycles. The lowest BCUT2D eigenvalue weighted by molar-refractivity contribution is -0.122. The largest absolute Gasteiger partial charge is 0.478 e. The third kappa shape index (κ3) is 4.79. The molecular weight excluding hydrogens is 258 g/mol. The average Bonchev–Trinajstić information content (AvgIpc) is 2.28. The zero-order valence-corrected chi connectivity index (χ0v) is 12.0. The van der Waals surface area contributed by atoms with Crippen molar-refractivity contribution < 1.29 is 14.7 Å². The molecule has 1 rings (SSSR count). The van der Waals surface area contributed by atoms with Crippen LogP contribution in [0.1, 0.15) is 37.6 Å². The zero-order valence-electron chi connectivity index (χ0n) is 12.0. The van der Waals surface area contributed by atoms with Crippen molar-refractivity contribution in [2.24, 2.45) is 0 Å². The molecule has 110 valence electrons. The molecule has 6 heteroatoms. The lowest BCUT2D eigenvalue weighted by atomic mass is 10.1. The first-order valence-electron chi connectivity index (χ1n) is 6.37. The summed E-state index contributed by atoms with van der Waals surface area (Å²) in [4.78, 5) is 22.7. The fourth-order valence-corrected chi connectivity index (χ4v) is 1.73. The molecule has 0 fully saturated rings. The van der Waals surface area contributed by atoms with E-state index in [9.17, 15) is 9.59 Å². The standard InChI is InChI=1S/C14H21N3O3/c1-14(2,3)17-11(18)7-8-16-12-9(13(19)20)5-4-6-10(12)15/h4-6,16H,7-8,15H2,1-3H3,(H,17,18)(H,19,20). The van der Waals surface area contributed by atoms with Crippen LogP contribution in [0.4, 0.5) is 11.4 Å². The van der Waals surface area contributed by atoms with E-state index in [4.69, 9.17) is 10.8 Å². The van der Waals surface area contributed by atoms with Crippen molar-refractivity contribution >= 4 is 23.3 Å². The molecule has 20 heavy (non-hydrogen) atoms. The molecule has 6 nitrogen and oxygen atoms in total. The van der Waals surface area contributed by atoms with Gasteiger partial charge in [-0.25, -0.2) is 4.79 Å². The van der Waals surface area contributed by atoms with Crippen molar-refractivity contribution in [3.05, 3.63) is 23.8 Å². The highest BCUT2D eigenvalue weighted by molar-refractivity contribution is 5.97. The Hall–Kier alpha value is -2.24. The molecule has 0 radical (unpaired) electrons. The number of nitrogens with two attached hydrogens (primary N) is 1. The number of carboxylic acids is 1. The van der Waals surface area contributed by atoms with Crippen LogP contribution in [-0.2, 0) is 4.79 Å². The Morgan fingerprint density at radius 3 is 2.50 bits per heavy atom. The van der Waals surface area contributed by atoms with E-state index in [2.05, 4.69) is 10.6 Å². The Morgan fingerprint density at radius 1 is 1.30 bits per heavy atom. The first-order chi connectivity index (χ1) is 9.20. The number of amides is 1. The van der Waals surface area contributed by atoms with Crippen molar-refractivity contribution in [2.75, 3.05) is 17.6 Å². The highest BCUT2D eigenvalue weighted by Crippen LogP contribution is 2.23. The molecule has 0 heterocycles. The van der Waals surface area contributed by atoms with E-state index in [1.54, 1.807) is 12.1 Å². The lowest BCUT2D eigenvalue weighted by Gasteiger charge is -2.20. The molecule has 0 aliphatic carbocycles. The van der Waals surface area contributed by atoms with Gasteiger partial charge in [-0.2, -0.15) is 0 Å². The van der Waals surface area contributed by atoms with Crippen LogP contribution in [0.5, 0.6) is 0 Å². The van der Waals surface area contributed by atoms with Crippen molar-refractivity contribution in [1.82, 2.24) is 5.32 Å². The number of carbonyl (C=O) groups is 2. The van der Waals surface area contributed by atoms with E-state index in [-0.39, 0.29) is 23.4 Å². The smallest absolute Gasteiger partial charge is 0.337 e. The first kappa shape index (κ1) is 15.8. The van der Waals surface area contributed by atoms with E-state index >= 15 is 0 Å². The number of nitrogen functional groups attached to an aromatic ring is 1. The summed E-state index contributed by atoms with van der Waals surface area (Å²) in [5.74, 6) is -1.16. The maximum Gasteiger partial charge on any atom is 0.337 e. The Balaban J connectivity index is 2.63. The van der Waals surface area contributed by atoms with Crippen molar-refractivity contribution in [3.63, 3.8) is 0 Å². The third-order valence-corrected chi connectivity index (χ3v) is 2.50. The number of nitrogens with one attached hydrogen (secondary N) is 2. The van der Waals surface area contributed by atoms with E-state index in [0.29, 0.717) is 17.9 Å². The van der Waals surface area contributed by atoms with Crippen LogP contribution in [0.15, 0.2) is 18.2 Å². The number of rotatable bonds is 5. The Labute approximate surface area is 118 Å². The van der Waals surface area contributed by atoms with Crippen molar-refractivity contribution in [3.8, 4) is 0 Å². The normalized spacial score (nSPS) is 10.9. The second-order valence-electron chi connectivity index (χ2n) is 5.55. The second kappa shape index (κ2) is 6.27. The minimum Gasteiger partial charge on any atom is -0.478 e. The molecule has 0 aliphatic heterocycles. The molecule has 0 spiro atoms. The summed E-state index contributed by atoms with van der Waals surface area (Å²) >= 11 is 0. The quantitative estimate of drug-likeness (QED) is 0.614. The molecule has 1 aromatic rings. The van der Waals surface area contributed by atoms with Crippen LogP contribution in [0.2, 0.25) is 0 Å². The SMILES string of the molecule is CC(C)(C)NC(=O)CCNc1c(N)cccc1C(=O)O. The first-order valence-corrected chi connectivity index (χ1v) is 6.37. The number of anilines is 2. The van der Waals surface area contributed by atoms with Crippen LogP contribution in [0, 0.1) is 0 Å². The monoisotopic (exact) mass is 279 g/mol. The maximum absolute atomic E-state index is 11.7. The van der Waals surface area contributed by atoms with Gasteiger partial charge in [0.15, 0.2) is 0 Å². The average molecular weight is 279 g/mol. The number of benzene rings is 1. The van der Waals surface area contributed by atoms with Gasteiger partial charge in [0.1, 0.15) is 0 Å².